The predicted octanol–water partition coefficient (Wildman–Crippen LogP) is 1.85. The molecule has 0 aromatic carbocycles. The van der Waals surface area contributed by atoms with Gasteiger partial charge >= 0.3 is 0 Å². The van der Waals surface area contributed by atoms with Crippen molar-refractivity contribution in [1.29, 1.82) is 0 Å². The number of carbonyl (C=O) groups excluding carboxylic acids is 1. The minimum absolute atomic E-state index is 0.0100. The van der Waals surface area contributed by atoms with Gasteiger partial charge in [0.2, 0.25) is 5.79 Å². The van der Waals surface area contributed by atoms with E-state index in [1.165, 1.54) is 14.2 Å². The number of allylic oxidation sites excluding steroid dienone is 1. The van der Waals surface area contributed by atoms with Crippen molar-refractivity contribution in [2.75, 3.05) is 14.2 Å². The number of hydrogen-bond acceptors (Lipinski definition) is 3. The molecule has 0 bridgehead atoms. The number of carbonyl (C=O) groups is 1. The lowest BCUT2D eigenvalue weighted by molar-refractivity contribution is -0.171. The number of alkyl halides is 1. The zero-order chi connectivity index (χ0) is 10.2. The summed E-state index contributed by atoms with van der Waals surface area (Å²) >= 11 is 17.1. The maximum absolute atomic E-state index is 11.3. The molecule has 0 heterocycles. The van der Waals surface area contributed by atoms with Crippen molar-refractivity contribution in [3.63, 3.8) is 0 Å². The van der Waals surface area contributed by atoms with Crippen molar-refractivity contribution in [2.24, 2.45) is 0 Å². The number of ether oxygens (including phenoxy) is 2. The molecule has 0 fully saturated rings. The van der Waals surface area contributed by atoms with Gasteiger partial charge in [0.25, 0.3) is 0 Å². The highest BCUT2D eigenvalue weighted by atomic mass is 35.5. The van der Waals surface area contributed by atoms with Gasteiger partial charge in [0.15, 0.2) is 11.2 Å². The Kier molecular flexibility index (Phi) is 3.25. The van der Waals surface area contributed by atoms with Gasteiger partial charge in [-0.3, -0.25) is 4.79 Å². The molecule has 0 aromatic heterocycles. The monoisotopic (exact) mass is 244 g/mol. The molecule has 0 spiro atoms. The standard InChI is InChI=1S/C7H7Cl3O3/c1-12-7(13-2)5(9)3(8)4(11)6(7)10/h6H,1-2H3/t6-/m1/s1. The Labute approximate surface area is 90.5 Å². The van der Waals surface area contributed by atoms with Crippen LogP contribution >= 0.6 is 34.8 Å². The van der Waals surface area contributed by atoms with Gasteiger partial charge in [0.05, 0.1) is 0 Å². The summed E-state index contributed by atoms with van der Waals surface area (Å²) < 4.78 is 9.93. The second-order valence-electron chi connectivity index (χ2n) is 2.43. The lowest BCUT2D eigenvalue weighted by Crippen LogP contribution is -2.42. The van der Waals surface area contributed by atoms with E-state index in [1.807, 2.05) is 0 Å². The third-order valence-corrected chi connectivity index (χ3v) is 3.30. The van der Waals surface area contributed by atoms with Gasteiger partial charge in [0.1, 0.15) is 10.1 Å². The first-order chi connectivity index (χ1) is 6.01. The molecule has 0 unspecified atom stereocenters. The molecule has 1 aliphatic carbocycles. The van der Waals surface area contributed by atoms with Crippen LogP contribution in [0.25, 0.3) is 0 Å². The second kappa shape index (κ2) is 3.75. The van der Waals surface area contributed by atoms with E-state index in [0.717, 1.165) is 0 Å². The van der Waals surface area contributed by atoms with E-state index < -0.39 is 16.9 Å². The predicted molar refractivity (Wildman–Crippen MR) is 50.1 cm³/mol. The molecular weight excluding hydrogens is 238 g/mol. The third kappa shape index (κ3) is 1.39. The molecule has 0 amide bonds. The molecular formula is C7H7Cl3O3. The summed E-state index contributed by atoms with van der Waals surface area (Å²) in [6.07, 6.45) is 0. The number of rotatable bonds is 2. The minimum Gasteiger partial charge on any atom is -0.347 e. The van der Waals surface area contributed by atoms with Crippen molar-refractivity contribution in [1.82, 2.24) is 0 Å². The lowest BCUT2D eigenvalue weighted by atomic mass is 10.2. The number of hydrogen-bond donors (Lipinski definition) is 0. The van der Waals surface area contributed by atoms with Crippen LogP contribution < -0.4 is 0 Å². The molecule has 3 nitrogen and oxygen atoms in total. The van der Waals surface area contributed by atoms with Gasteiger partial charge in [-0.1, -0.05) is 23.2 Å². The molecule has 0 N–H and O–H groups in total. The summed E-state index contributed by atoms with van der Waals surface area (Å²) in [5.41, 5.74) is 0. The van der Waals surface area contributed by atoms with Crippen LogP contribution in [0.5, 0.6) is 0 Å². The summed E-state index contributed by atoms with van der Waals surface area (Å²) in [5.74, 6) is -1.92. The van der Waals surface area contributed by atoms with Crippen molar-refractivity contribution >= 4 is 40.6 Å². The molecule has 0 aromatic rings. The van der Waals surface area contributed by atoms with E-state index >= 15 is 0 Å². The molecule has 0 saturated heterocycles. The molecule has 74 valence electrons. The maximum Gasteiger partial charge on any atom is 0.231 e. The van der Waals surface area contributed by atoms with Gasteiger partial charge in [-0.15, -0.1) is 11.6 Å². The fourth-order valence-corrected chi connectivity index (χ4v) is 2.23. The zero-order valence-electron chi connectivity index (χ0n) is 6.94. The van der Waals surface area contributed by atoms with Crippen LogP contribution in [-0.4, -0.2) is 31.2 Å². The van der Waals surface area contributed by atoms with Crippen molar-refractivity contribution in [2.45, 2.75) is 11.2 Å². The van der Waals surface area contributed by atoms with Crippen LogP contribution in [0.3, 0.4) is 0 Å². The third-order valence-electron chi connectivity index (χ3n) is 1.89. The van der Waals surface area contributed by atoms with Gasteiger partial charge in [-0.25, -0.2) is 0 Å². The normalized spacial score (nSPS) is 27.2. The second-order valence-corrected chi connectivity index (χ2v) is 3.62. The fourth-order valence-electron chi connectivity index (χ4n) is 1.13. The van der Waals surface area contributed by atoms with E-state index in [9.17, 15) is 4.79 Å². The SMILES string of the molecule is COC1(OC)C(Cl)=C(Cl)C(=O)[C@H]1Cl. The van der Waals surface area contributed by atoms with Gasteiger partial charge < -0.3 is 9.47 Å². The van der Waals surface area contributed by atoms with Crippen LogP contribution in [0, 0.1) is 0 Å². The summed E-state index contributed by atoms with van der Waals surface area (Å²) in [4.78, 5) is 11.3. The minimum atomic E-state index is -1.43. The fraction of sp³-hybridized carbons (Fsp3) is 0.571. The lowest BCUT2D eigenvalue weighted by Gasteiger charge is -2.28. The number of Topliss-reactive ketones (excluding diaryl/α,β-unsaturated/α-hetero) is 1. The Balaban J connectivity index is 3.19. The number of methoxy groups -OCH3 is 2. The summed E-state index contributed by atoms with van der Waals surface area (Å²) in [6, 6.07) is 0. The maximum atomic E-state index is 11.3. The van der Waals surface area contributed by atoms with E-state index in [0.29, 0.717) is 0 Å². The molecule has 6 heteroatoms. The van der Waals surface area contributed by atoms with Crippen LogP contribution in [0.2, 0.25) is 0 Å². The van der Waals surface area contributed by atoms with E-state index in [1.54, 1.807) is 0 Å². The molecule has 1 atom stereocenters. The average molecular weight is 245 g/mol. The first-order valence-electron chi connectivity index (χ1n) is 3.35. The van der Waals surface area contributed by atoms with Crippen molar-refractivity contribution in [3.8, 4) is 0 Å². The van der Waals surface area contributed by atoms with Crippen LogP contribution in [0.4, 0.5) is 0 Å². The molecule has 1 rings (SSSR count). The number of ketones is 1. The summed E-state index contributed by atoms with van der Waals surface area (Å²) in [5, 5.41) is -1.18. The van der Waals surface area contributed by atoms with Crippen LogP contribution in [-0.2, 0) is 14.3 Å². The Morgan fingerprint density at radius 2 is 1.77 bits per heavy atom. The molecule has 0 saturated carbocycles. The van der Waals surface area contributed by atoms with E-state index in [-0.39, 0.29) is 10.1 Å². The largest absolute Gasteiger partial charge is 0.347 e. The first kappa shape index (κ1) is 11.3. The highest BCUT2D eigenvalue weighted by Gasteiger charge is 2.54. The Bertz CT molecular complexity index is 270. The molecule has 13 heavy (non-hydrogen) atoms. The molecule has 0 aliphatic heterocycles. The molecule has 1 aliphatic rings. The summed E-state index contributed by atoms with van der Waals surface area (Å²) in [7, 11) is 2.67. The van der Waals surface area contributed by atoms with Crippen LogP contribution in [0.15, 0.2) is 10.1 Å². The number of halogens is 3. The van der Waals surface area contributed by atoms with Gasteiger partial charge in [0, 0.05) is 14.2 Å². The highest BCUT2D eigenvalue weighted by molar-refractivity contribution is 6.55. The quantitative estimate of drug-likeness (QED) is 0.550. The van der Waals surface area contributed by atoms with Crippen molar-refractivity contribution < 1.29 is 14.3 Å². The van der Waals surface area contributed by atoms with Gasteiger partial charge in [-0.2, -0.15) is 0 Å². The van der Waals surface area contributed by atoms with Crippen LogP contribution in [0.1, 0.15) is 0 Å². The Morgan fingerprint density at radius 1 is 1.31 bits per heavy atom. The van der Waals surface area contributed by atoms with Crippen molar-refractivity contribution in [3.05, 3.63) is 10.1 Å². The molecule has 0 radical (unpaired) electrons. The average Bonchev–Trinajstić information content (AvgIpc) is 2.31. The smallest absolute Gasteiger partial charge is 0.231 e. The zero-order valence-corrected chi connectivity index (χ0v) is 9.20. The van der Waals surface area contributed by atoms with Gasteiger partial charge in [-0.05, 0) is 0 Å². The highest BCUT2D eigenvalue weighted by Crippen LogP contribution is 2.43. The Hall–Kier alpha value is 0.200. The van der Waals surface area contributed by atoms with E-state index in [2.05, 4.69) is 0 Å². The Morgan fingerprint density at radius 3 is 1.92 bits per heavy atom. The summed E-state index contributed by atoms with van der Waals surface area (Å²) in [6.45, 7) is 0. The first-order valence-corrected chi connectivity index (χ1v) is 4.54. The van der Waals surface area contributed by atoms with E-state index in [4.69, 9.17) is 44.3 Å². The topological polar surface area (TPSA) is 35.5 Å².